The van der Waals surface area contributed by atoms with Crippen LogP contribution in [0.15, 0.2) is 60.0 Å². The number of nitrogens with zero attached hydrogens (tertiary/aromatic N) is 1. The van der Waals surface area contributed by atoms with Crippen LogP contribution >= 0.6 is 11.3 Å². The maximum atomic E-state index is 13.1. The van der Waals surface area contributed by atoms with Gasteiger partial charge in [0.2, 0.25) is 6.10 Å². The van der Waals surface area contributed by atoms with E-state index in [4.69, 9.17) is 18.9 Å². The Kier molecular flexibility index (Phi) is 6.62. The van der Waals surface area contributed by atoms with Crippen LogP contribution < -0.4 is 18.9 Å². The number of ether oxygens (including phenoxy) is 4. The molecule has 1 amide bonds. The van der Waals surface area contributed by atoms with E-state index in [1.54, 1.807) is 23.3 Å². The van der Waals surface area contributed by atoms with Gasteiger partial charge in [0.25, 0.3) is 5.91 Å². The van der Waals surface area contributed by atoms with Gasteiger partial charge in [-0.1, -0.05) is 24.3 Å². The van der Waals surface area contributed by atoms with Crippen molar-refractivity contribution < 1.29 is 23.7 Å². The number of thiophene rings is 1. The second-order valence-corrected chi connectivity index (χ2v) is 8.10. The second kappa shape index (κ2) is 9.75. The second-order valence-electron chi connectivity index (χ2n) is 7.07. The molecule has 1 aliphatic heterocycles. The normalized spacial score (nSPS) is 14.7. The molecule has 31 heavy (non-hydrogen) atoms. The van der Waals surface area contributed by atoms with Crippen molar-refractivity contribution in [1.82, 2.24) is 4.90 Å². The minimum absolute atomic E-state index is 0.103. The minimum Gasteiger partial charge on any atom is -0.493 e. The third-order valence-corrected chi connectivity index (χ3v) is 5.88. The van der Waals surface area contributed by atoms with Crippen molar-refractivity contribution in [3.8, 4) is 23.0 Å². The zero-order valence-electron chi connectivity index (χ0n) is 17.6. The molecule has 1 atom stereocenters. The smallest absolute Gasteiger partial charge is 0.267 e. The van der Waals surface area contributed by atoms with E-state index in [2.05, 4.69) is 0 Å². The van der Waals surface area contributed by atoms with Crippen molar-refractivity contribution in [1.29, 1.82) is 0 Å². The molecule has 0 bridgehead atoms. The predicted octanol–water partition coefficient (Wildman–Crippen LogP) is 4.52. The summed E-state index contributed by atoms with van der Waals surface area (Å²) in [5.41, 5.74) is 0.952. The minimum atomic E-state index is -0.662. The van der Waals surface area contributed by atoms with Crippen molar-refractivity contribution in [2.75, 3.05) is 20.3 Å². The summed E-state index contributed by atoms with van der Waals surface area (Å²) < 4.78 is 23.0. The van der Waals surface area contributed by atoms with Crippen molar-refractivity contribution in [3.05, 3.63) is 70.4 Å². The molecular weight excluding hydrogens is 414 g/mol. The van der Waals surface area contributed by atoms with Gasteiger partial charge in [-0.25, -0.2) is 0 Å². The van der Waals surface area contributed by atoms with Crippen LogP contribution in [0.1, 0.15) is 17.4 Å². The molecule has 2 heterocycles. The highest BCUT2D eigenvalue weighted by atomic mass is 32.1. The quantitative estimate of drug-likeness (QED) is 0.516. The fourth-order valence-electron chi connectivity index (χ4n) is 3.38. The molecule has 7 heteroatoms. The zero-order chi connectivity index (χ0) is 21.6. The summed E-state index contributed by atoms with van der Waals surface area (Å²) in [7, 11) is 1.62. The van der Waals surface area contributed by atoms with Crippen LogP contribution in [-0.4, -0.2) is 37.2 Å². The number of benzene rings is 2. The lowest BCUT2D eigenvalue weighted by Crippen LogP contribution is -2.46. The lowest BCUT2D eigenvalue weighted by Gasteiger charge is -2.30. The summed E-state index contributed by atoms with van der Waals surface area (Å²) in [5, 5.41) is 2.02. The van der Waals surface area contributed by atoms with Crippen LogP contribution in [-0.2, 0) is 17.9 Å². The summed E-state index contributed by atoms with van der Waals surface area (Å²) in [6.45, 7) is 3.64. The van der Waals surface area contributed by atoms with Crippen molar-refractivity contribution >= 4 is 17.2 Å². The third-order valence-electron chi connectivity index (χ3n) is 5.03. The van der Waals surface area contributed by atoms with Crippen molar-refractivity contribution in [2.45, 2.75) is 26.2 Å². The van der Waals surface area contributed by atoms with Crippen LogP contribution in [0, 0.1) is 0 Å². The number of rotatable bonds is 8. The highest BCUT2D eigenvalue weighted by Crippen LogP contribution is 2.32. The summed E-state index contributed by atoms with van der Waals surface area (Å²) in [6, 6.07) is 17.2. The number of hydrogen-bond acceptors (Lipinski definition) is 6. The molecule has 162 valence electrons. The lowest BCUT2D eigenvalue weighted by atomic mass is 10.1. The van der Waals surface area contributed by atoms with Crippen LogP contribution in [0.4, 0.5) is 0 Å². The number of para-hydroxylation sites is 2. The number of amides is 1. The van der Waals surface area contributed by atoms with Gasteiger partial charge < -0.3 is 23.8 Å². The molecule has 1 aliphatic rings. The highest BCUT2D eigenvalue weighted by Gasteiger charge is 2.30. The van der Waals surface area contributed by atoms with E-state index in [1.165, 1.54) is 0 Å². The van der Waals surface area contributed by atoms with E-state index in [0.29, 0.717) is 42.7 Å². The van der Waals surface area contributed by atoms with E-state index < -0.39 is 6.10 Å². The van der Waals surface area contributed by atoms with Gasteiger partial charge >= 0.3 is 0 Å². The fraction of sp³-hybridized carbons (Fsp3) is 0.292. The highest BCUT2D eigenvalue weighted by molar-refractivity contribution is 7.09. The maximum Gasteiger partial charge on any atom is 0.267 e. The summed E-state index contributed by atoms with van der Waals surface area (Å²) in [6.07, 6.45) is -0.662. The Morgan fingerprint density at radius 2 is 1.97 bits per heavy atom. The molecule has 1 aromatic heterocycles. The number of methoxy groups -OCH3 is 1. The lowest BCUT2D eigenvalue weighted by molar-refractivity contribution is -0.141. The Morgan fingerprint density at radius 3 is 2.71 bits per heavy atom. The summed E-state index contributed by atoms with van der Waals surface area (Å²) >= 11 is 1.65. The van der Waals surface area contributed by atoms with Crippen LogP contribution in [0.25, 0.3) is 0 Å². The van der Waals surface area contributed by atoms with Crippen LogP contribution in [0.3, 0.4) is 0 Å². The Morgan fingerprint density at radius 1 is 1.13 bits per heavy atom. The molecule has 0 unspecified atom stereocenters. The molecule has 0 saturated carbocycles. The summed E-state index contributed by atoms with van der Waals surface area (Å²) in [5.74, 6) is 2.47. The average molecular weight is 440 g/mol. The van der Waals surface area contributed by atoms with E-state index >= 15 is 0 Å². The SMILES string of the molecule is CCN(Cc1ccc(OCc2cccs2)c(OC)c1)C(=O)[C@H]1COc2ccccc2O1. The van der Waals surface area contributed by atoms with Gasteiger partial charge in [-0.15, -0.1) is 11.3 Å². The molecule has 0 fully saturated rings. The van der Waals surface area contributed by atoms with Gasteiger partial charge in [0.15, 0.2) is 23.0 Å². The molecule has 0 radical (unpaired) electrons. The molecule has 0 N–H and O–H groups in total. The summed E-state index contributed by atoms with van der Waals surface area (Å²) in [4.78, 5) is 16.0. The zero-order valence-corrected chi connectivity index (χ0v) is 18.4. The Hall–Kier alpha value is -3.19. The van der Waals surface area contributed by atoms with E-state index in [1.807, 2.05) is 66.9 Å². The van der Waals surface area contributed by atoms with Gasteiger partial charge in [0.05, 0.1) is 7.11 Å². The fourth-order valence-corrected chi connectivity index (χ4v) is 4.00. The van der Waals surface area contributed by atoms with Crippen LogP contribution in [0.5, 0.6) is 23.0 Å². The first-order valence-electron chi connectivity index (χ1n) is 10.2. The first-order chi connectivity index (χ1) is 15.2. The molecule has 0 aliphatic carbocycles. The molecule has 0 spiro atoms. The molecule has 0 saturated heterocycles. The van der Waals surface area contributed by atoms with Crippen molar-refractivity contribution in [3.63, 3.8) is 0 Å². The topological polar surface area (TPSA) is 57.2 Å². The molecule has 4 rings (SSSR count). The standard InChI is InChI=1S/C24H25NO5S/c1-3-25(24(26)23-16-29-19-8-4-5-9-21(19)30-23)14-17-10-11-20(22(13-17)27-2)28-15-18-7-6-12-31-18/h4-13,23H,3,14-16H2,1-2H3/t23-/m1/s1. The average Bonchev–Trinajstić information content (AvgIpc) is 3.34. The van der Waals surface area contributed by atoms with E-state index in [0.717, 1.165) is 10.4 Å². The predicted molar refractivity (Wildman–Crippen MR) is 119 cm³/mol. The number of fused-ring (bicyclic) bond motifs is 1. The molecule has 3 aromatic rings. The molecule has 6 nitrogen and oxygen atoms in total. The van der Waals surface area contributed by atoms with Gasteiger partial charge in [-0.05, 0) is 48.2 Å². The first-order valence-corrected chi connectivity index (χ1v) is 11.0. The Bertz CT molecular complexity index is 1020. The number of hydrogen-bond donors (Lipinski definition) is 0. The first kappa shape index (κ1) is 21.1. The number of carbonyl (C=O) groups excluding carboxylic acids is 1. The monoisotopic (exact) mass is 439 g/mol. The third kappa shape index (κ3) is 4.94. The number of likely N-dealkylation sites (N-methyl/N-ethyl adjacent to an activating group) is 1. The molecule has 2 aromatic carbocycles. The van der Waals surface area contributed by atoms with Gasteiger partial charge in [-0.3, -0.25) is 4.79 Å². The van der Waals surface area contributed by atoms with Crippen molar-refractivity contribution in [2.24, 2.45) is 0 Å². The largest absolute Gasteiger partial charge is 0.493 e. The Labute approximate surface area is 185 Å². The van der Waals surface area contributed by atoms with E-state index in [9.17, 15) is 4.79 Å². The Balaban J connectivity index is 1.42. The maximum absolute atomic E-state index is 13.1. The van der Waals surface area contributed by atoms with Gasteiger partial charge in [0, 0.05) is 18.0 Å². The molecular formula is C24H25NO5S. The van der Waals surface area contributed by atoms with Gasteiger partial charge in [-0.2, -0.15) is 0 Å². The van der Waals surface area contributed by atoms with Crippen LogP contribution in [0.2, 0.25) is 0 Å². The van der Waals surface area contributed by atoms with Gasteiger partial charge in [0.1, 0.15) is 13.2 Å². The number of carbonyl (C=O) groups is 1. The van der Waals surface area contributed by atoms with E-state index in [-0.39, 0.29) is 12.5 Å².